The van der Waals surface area contributed by atoms with Crippen LogP contribution in [0.15, 0.2) is 0 Å². The monoisotopic (exact) mass is 273 g/mol. The molecule has 0 aromatic carbocycles. The fourth-order valence-corrected chi connectivity index (χ4v) is 1.73. The Hall–Kier alpha value is -1.14. The molecular formula is C11H16ClN3O3. The van der Waals surface area contributed by atoms with Crippen molar-refractivity contribution < 1.29 is 14.2 Å². The van der Waals surface area contributed by atoms with Gasteiger partial charge in [-0.25, -0.2) is 0 Å². The molecule has 2 heterocycles. The quantitative estimate of drug-likeness (QED) is 0.816. The van der Waals surface area contributed by atoms with E-state index in [1.54, 1.807) is 0 Å². The molecule has 0 spiro atoms. The molecular weight excluding hydrogens is 258 g/mol. The third-order valence-corrected chi connectivity index (χ3v) is 2.50. The molecule has 1 unspecified atom stereocenters. The Morgan fingerprint density at radius 2 is 2.11 bits per heavy atom. The summed E-state index contributed by atoms with van der Waals surface area (Å²) in [5.74, 6) is 0. The van der Waals surface area contributed by atoms with Crippen molar-refractivity contribution in [2.75, 3.05) is 13.2 Å². The van der Waals surface area contributed by atoms with Crippen LogP contribution in [0.25, 0.3) is 0 Å². The molecule has 0 bridgehead atoms. The molecule has 0 N–H and O–H groups in total. The molecule has 1 aliphatic rings. The van der Waals surface area contributed by atoms with Crippen LogP contribution in [0.1, 0.15) is 26.7 Å². The molecule has 1 saturated heterocycles. The fourth-order valence-electron chi connectivity index (χ4n) is 1.59. The van der Waals surface area contributed by atoms with Gasteiger partial charge in [0.25, 0.3) is 0 Å². The van der Waals surface area contributed by atoms with E-state index in [9.17, 15) is 0 Å². The zero-order valence-corrected chi connectivity index (χ0v) is 11.2. The average Bonchev–Trinajstić information content (AvgIpc) is 2.77. The smallest absolute Gasteiger partial charge is 0.324 e. The Bertz CT molecular complexity index is 397. The lowest BCUT2D eigenvalue weighted by Gasteiger charge is -2.11. The summed E-state index contributed by atoms with van der Waals surface area (Å²) in [6.45, 7) is 4.96. The highest BCUT2D eigenvalue weighted by molar-refractivity contribution is 6.28. The number of hydrogen-bond acceptors (Lipinski definition) is 6. The Morgan fingerprint density at radius 1 is 1.33 bits per heavy atom. The van der Waals surface area contributed by atoms with E-state index < -0.39 is 0 Å². The van der Waals surface area contributed by atoms with Gasteiger partial charge in [0.1, 0.15) is 6.61 Å². The van der Waals surface area contributed by atoms with Crippen LogP contribution >= 0.6 is 11.6 Å². The van der Waals surface area contributed by atoms with Crippen molar-refractivity contribution in [2.24, 2.45) is 0 Å². The van der Waals surface area contributed by atoms with Gasteiger partial charge < -0.3 is 14.2 Å². The maximum atomic E-state index is 5.78. The van der Waals surface area contributed by atoms with Gasteiger partial charge in [-0.3, -0.25) is 0 Å². The number of hydrogen-bond donors (Lipinski definition) is 0. The Morgan fingerprint density at radius 3 is 2.78 bits per heavy atom. The third-order valence-electron chi connectivity index (χ3n) is 2.33. The van der Waals surface area contributed by atoms with Crippen LogP contribution in [0.2, 0.25) is 5.28 Å². The van der Waals surface area contributed by atoms with Gasteiger partial charge in [-0.2, -0.15) is 9.97 Å². The van der Waals surface area contributed by atoms with E-state index in [0.29, 0.717) is 6.61 Å². The predicted molar refractivity (Wildman–Crippen MR) is 65.1 cm³/mol. The van der Waals surface area contributed by atoms with E-state index in [2.05, 4.69) is 15.0 Å². The van der Waals surface area contributed by atoms with Crippen LogP contribution in [-0.4, -0.2) is 40.4 Å². The Balaban J connectivity index is 1.96. The highest BCUT2D eigenvalue weighted by Crippen LogP contribution is 2.16. The van der Waals surface area contributed by atoms with E-state index in [4.69, 9.17) is 25.8 Å². The standard InChI is InChI=1S/C11H16ClN3O3/c1-7(2)18-11-14-9(12)13-10(15-11)17-6-8-4-3-5-16-8/h7-8H,3-6H2,1-2H3. The highest BCUT2D eigenvalue weighted by Gasteiger charge is 2.17. The molecule has 7 heteroatoms. The summed E-state index contributed by atoms with van der Waals surface area (Å²) in [5, 5.41) is 0.0583. The molecule has 18 heavy (non-hydrogen) atoms. The second kappa shape index (κ2) is 6.15. The minimum Gasteiger partial charge on any atom is -0.461 e. The Kier molecular flexibility index (Phi) is 4.54. The van der Waals surface area contributed by atoms with Gasteiger partial charge >= 0.3 is 12.0 Å². The topological polar surface area (TPSA) is 66.4 Å². The normalized spacial score (nSPS) is 19.2. The molecule has 1 aliphatic heterocycles. The number of halogens is 1. The van der Waals surface area contributed by atoms with Crippen molar-refractivity contribution in [1.82, 2.24) is 15.0 Å². The van der Waals surface area contributed by atoms with Gasteiger partial charge in [-0.1, -0.05) is 0 Å². The predicted octanol–water partition coefficient (Wildman–Crippen LogP) is 1.87. The van der Waals surface area contributed by atoms with E-state index in [1.807, 2.05) is 13.8 Å². The van der Waals surface area contributed by atoms with Gasteiger partial charge in [0, 0.05) is 6.61 Å². The minimum atomic E-state index is -0.0329. The number of rotatable bonds is 5. The molecule has 1 aromatic heterocycles. The Labute approximate surface area is 111 Å². The second-order valence-corrected chi connectivity index (χ2v) is 4.62. The molecule has 0 radical (unpaired) electrons. The second-order valence-electron chi connectivity index (χ2n) is 4.28. The molecule has 0 aliphatic carbocycles. The van der Waals surface area contributed by atoms with Crippen LogP contribution in [0.3, 0.4) is 0 Å². The van der Waals surface area contributed by atoms with Crippen molar-refractivity contribution in [1.29, 1.82) is 0 Å². The van der Waals surface area contributed by atoms with Gasteiger partial charge in [-0.15, -0.1) is 4.98 Å². The van der Waals surface area contributed by atoms with Gasteiger partial charge in [-0.05, 0) is 38.3 Å². The molecule has 1 aromatic rings. The van der Waals surface area contributed by atoms with Crippen LogP contribution < -0.4 is 9.47 Å². The van der Waals surface area contributed by atoms with Crippen LogP contribution in [0, 0.1) is 0 Å². The number of nitrogens with zero attached hydrogens (tertiary/aromatic N) is 3. The van der Waals surface area contributed by atoms with Crippen molar-refractivity contribution in [3.8, 4) is 12.0 Å². The maximum absolute atomic E-state index is 5.78. The lowest BCUT2D eigenvalue weighted by molar-refractivity contribution is 0.0638. The first-order valence-corrected chi connectivity index (χ1v) is 6.34. The van der Waals surface area contributed by atoms with E-state index in [-0.39, 0.29) is 29.5 Å². The summed E-state index contributed by atoms with van der Waals surface area (Å²) in [6.07, 6.45) is 2.13. The van der Waals surface area contributed by atoms with Gasteiger partial charge in [0.15, 0.2) is 0 Å². The van der Waals surface area contributed by atoms with Crippen molar-refractivity contribution in [3.05, 3.63) is 5.28 Å². The van der Waals surface area contributed by atoms with Crippen LogP contribution in [0.4, 0.5) is 0 Å². The van der Waals surface area contributed by atoms with Gasteiger partial charge in [0.2, 0.25) is 5.28 Å². The molecule has 0 saturated carbocycles. The molecule has 1 fully saturated rings. The third kappa shape index (κ3) is 3.96. The zero-order valence-electron chi connectivity index (χ0n) is 10.4. The van der Waals surface area contributed by atoms with E-state index in [1.165, 1.54) is 0 Å². The summed E-state index contributed by atoms with van der Waals surface area (Å²) in [7, 11) is 0. The summed E-state index contributed by atoms with van der Waals surface area (Å²) < 4.78 is 16.2. The molecule has 100 valence electrons. The SMILES string of the molecule is CC(C)Oc1nc(Cl)nc(OCC2CCCO2)n1. The highest BCUT2D eigenvalue weighted by atomic mass is 35.5. The first kappa shape index (κ1) is 13.3. The van der Waals surface area contributed by atoms with E-state index >= 15 is 0 Å². The lowest BCUT2D eigenvalue weighted by Crippen LogP contribution is -2.18. The molecule has 2 rings (SSSR count). The van der Waals surface area contributed by atoms with Crippen LogP contribution in [-0.2, 0) is 4.74 Å². The van der Waals surface area contributed by atoms with Gasteiger partial charge in [0.05, 0.1) is 12.2 Å². The first-order valence-electron chi connectivity index (χ1n) is 5.96. The summed E-state index contributed by atoms with van der Waals surface area (Å²) >= 11 is 5.78. The van der Waals surface area contributed by atoms with E-state index in [0.717, 1.165) is 19.4 Å². The minimum absolute atomic E-state index is 0.0329. The molecule has 1 atom stereocenters. The van der Waals surface area contributed by atoms with Crippen molar-refractivity contribution >= 4 is 11.6 Å². The number of ether oxygens (including phenoxy) is 3. The largest absolute Gasteiger partial charge is 0.461 e. The average molecular weight is 274 g/mol. The molecule has 6 nitrogen and oxygen atoms in total. The number of aromatic nitrogens is 3. The van der Waals surface area contributed by atoms with Crippen molar-refractivity contribution in [3.63, 3.8) is 0 Å². The summed E-state index contributed by atoms with van der Waals surface area (Å²) in [6, 6.07) is 0.341. The lowest BCUT2D eigenvalue weighted by atomic mass is 10.2. The maximum Gasteiger partial charge on any atom is 0.324 e. The summed E-state index contributed by atoms with van der Waals surface area (Å²) in [5.41, 5.74) is 0. The van der Waals surface area contributed by atoms with Crippen LogP contribution in [0.5, 0.6) is 12.0 Å². The summed E-state index contributed by atoms with van der Waals surface area (Å²) in [4.78, 5) is 11.8. The first-order chi connectivity index (χ1) is 8.63. The fraction of sp³-hybridized carbons (Fsp3) is 0.727. The zero-order chi connectivity index (χ0) is 13.0. The van der Waals surface area contributed by atoms with Crippen molar-refractivity contribution in [2.45, 2.75) is 38.9 Å². The molecule has 0 amide bonds.